The second-order valence-corrected chi connectivity index (χ2v) is 5.95. The minimum absolute atomic E-state index is 0.0774. The van der Waals surface area contributed by atoms with Gasteiger partial charge in [-0.05, 0) is 24.3 Å². The molecule has 0 aliphatic rings. The van der Waals surface area contributed by atoms with Crippen LogP contribution in [-0.2, 0) is 22.1 Å². The normalized spacial score (nSPS) is 11.7. The van der Waals surface area contributed by atoms with Gasteiger partial charge >= 0.3 is 0 Å². The number of hydrogen-bond acceptors (Lipinski definition) is 6. The van der Waals surface area contributed by atoms with Crippen molar-refractivity contribution in [3.63, 3.8) is 0 Å². The summed E-state index contributed by atoms with van der Waals surface area (Å²) in [6, 6.07) is 5.88. The highest BCUT2D eigenvalue weighted by atomic mass is 35.5. The Balaban J connectivity index is 2.24. The van der Waals surface area contributed by atoms with Crippen LogP contribution in [-0.4, -0.2) is 18.6 Å². The van der Waals surface area contributed by atoms with Crippen LogP contribution in [0.1, 0.15) is 11.7 Å². The summed E-state index contributed by atoms with van der Waals surface area (Å²) in [4.78, 5) is 4.01. The van der Waals surface area contributed by atoms with E-state index in [0.29, 0.717) is 5.02 Å². The molecule has 0 bridgehead atoms. The van der Waals surface area contributed by atoms with E-state index in [-0.39, 0.29) is 28.9 Å². The number of aromatic nitrogens is 2. The summed E-state index contributed by atoms with van der Waals surface area (Å²) < 4.78 is 28.8. The van der Waals surface area contributed by atoms with Gasteiger partial charge in [-0.1, -0.05) is 16.8 Å². The lowest BCUT2D eigenvalue weighted by Gasteiger charge is -2.01. The van der Waals surface area contributed by atoms with E-state index in [1.54, 1.807) is 0 Å². The molecule has 2 N–H and O–H groups in total. The predicted molar refractivity (Wildman–Crippen MR) is 64.5 cm³/mol. The van der Waals surface area contributed by atoms with Crippen molar-refractivity contribution in [3.05, 3.63) is 41.0 Å². The number of nitrogens with two attached hydrogens (primary N) is 1. The maximum atomic E-state index is 12.0. The van der Waals surface area contributed by atoms with Crippen LogP contribution in [0.3, 0.4) is 0 Å². The van der Waals surface area contributed by atoms with Gasteiger partial charge in [0.25, 0.3) is 0 Å². The molecule has 1 aromatic carbocycles. The average molecular weight is 288 g/mol. The van der Waals surface area contributed by atoms with Gasteiger partial charge in [0, 0.05) is 5.02 Å². The van der Waals surface area contributed by atoms with Crippen molar-refractivity contribution < 1.29 is 12.9 Å². The Morgan fingerprint density at radius 1 is 1.28 bits per heavy atom. The molecule has 8 heteroatoms. The molecule has 0 aliphatic heterocycles. The monoisotopic (exact) mass is 287 g/mol. The summed E-state index contributed by atoms with van der Waals surface area (Å²) in [5, 5.41) is 4.02. The lowest BCUT2D eigenvalue weighted by Crippen LogP contribution is -2.06. The average Bonchev–Trinajstić information content (AvgIpc) is 2.76. The first kappa shape index (κ1) is 13.0. The van der Waals surface area contributed by atoms with Crippen LogP contribution in [0.15, 0.2) is 33.7 Å². The summed E-state index contributed by atoms with van der Waals surface area (Å²) in [5.74, 6) is -0.0419. The van der Waals surface area contributed by atoms with Crippen molar-refractivity contribution >= 4 is 21.4 Å². The summed E-state index contributed by atoms with van der Waals surface area (Å²) in [6.07, 6.45) is 0. The standard InChI is InChI=1S/C10H10ClN3O3S/c11-7-1-3-8(4-2-7)18(15,16)6-9-13-10(5-12)17-14-9/h1-4H,5-6,12H2. The van der Waals surface area contributed by atoms with Gasteiger partial charge in [-0.3, -0.25) is 0 Å². The van der Waals surface area contributed by atoms with Crippen molar-refractivity contribution in [3.8, 4) is 0 Å². The van der Waals surface area contributed by atoms with E-state index in [2.05, 4.69) is 10.1 Å². The van der Waals surface area contributed by atoms with E-state index >= 15 is 0 Å². The molecule has 2 rings (SSSR count). The molecule has 0 spiro atoms. The van der Waals surface area contributed by atoms with Crippen LogP contribution in [0.5, 0.6) is 0 Å². The maximum absolute atomic E-state index is 12.0. The zero-order valence-electron chi connectivity index (χ0n) is 9.21. The lowest BCUT2D eigenvalue weighted by molar-refractivity contribution is 0.376. The molecule has 0 fully saturated rings. The Labute approximate surface area is 109 Å². The van der Waals surface area contributed by atoms with Gasteiger partial charge in [-0.25, -0.2) is 8.42 Å². The third-order valence-corrected chi connectivity index (χ3v) is 4.06. The minimum Gasteiger partial charge on any atom is -0.338 e. The first-order valence-corrected chi connectivity index (χ1v) is 7.04. The lowest BCUT2D eigenvalue weighted by atomic mass is 10.4. The van der Waals surface area contributed by atoms with Gasteiger partial charge in [-0.15, -0.1) is 0 Å². The van der Waals surface area contributed by atoms with Gasteiger partial charge in [0.15, 0.2) is 15.7 Å². The molecule has 0 unspecified atom stereocenters. The predicted octanol–water partition coefficient (Wildman–Crippen LogP) is 1.16. The van der Waals surface area contributed by atoms with Gasteiger partial charge < -0.3 is 10.3 Å². The Bertz CT molecular complexity index is 637. The number of hydrogen-bond donors (Lipinski definition) is 1. The first-order chi connectivity index (χ1) is 8.51. The van der Waals surface area contributed by atoms with Crippen LogP contribution in [0.4, 0.5) is 0 Å². The molecule has 2 aromatic rings. The van der Waals surface area contributed by atoms with Gasteiger partial charge in [-0.2, -0.15) is 4.98 Å². The summed E-state index contributed by atoms with van der Waals surface area (Å²) in [6.45, 7) is 0.0774. The zero-order valence-corrected chi connectivity index (χ0v) is 10.8. The summed E-state index contributed by atoms with van der Waals surface area (Å²) in [5.41, 5.74) is 5.29. The highest BCUT2D eigenvalue weighted by Gasteiger charge is 2.18. The third-order valence-electron chi connectivity index (χ3n) is 2.18. The molecular formula is C10H10ClN3O3S. The van der Waals surface area contributed by atoms with E-state index in [4.69, 9.17) is 21.9 Å². The summed E-state index contributed by atoms with van der Waals surface area (Å²) >= 11 is 5.70. The van der Waals surface area contributed by atoms with E-state index in [1.807, 2.05) is 0 Å². The van der Waals surface area contributed by atoms with E-state index < -0.39 is 9.84 Å². The fourth-order valence-corrected chi connectivity index (χ4v) is 2.63. The van der Waals surface area contributed by atoms with E-state index in [9.17, 15) is 8.42 Å². The molecule has 1 aromatic heterocycles. The van der Waals surface area contributed by atoms with Crippen molar-refractivity contribution in [2.75, 3.05) is 0 Å². The largest absolute Gasteiger partial charge is 0.338 e. The maximum Gasteiger partial charge on any atom is 0.240 e. The quantitative estimate of drug-likeness (QED) is 0.906. The Hall–Kier alpha value is -1.44. The van der Waals surface area contributed by atoms with Crippen LogP contribution < -0.4 is 5.73 Å². The van der Waals surface area contributed by atoms with Crippen molar-refractivity contribution in [2.24, 2.45) is 5.73 Å². The SMILES string of the molecule is NCc1nc(CS(=O)(=O)c2ccc(Cl)cc2)no1. The first-order valence-electron chi connectivity index (χ1n) is 5.01. The number of halogens is 1. The molecule has 0 saturated heterocycles. The van der Waals surface area contributed by atoms with Crippen molar-refractivity contribution in [1.82, 2.24) is 10.1 Å². The minimum atomic E-state index is -3.51. The van der Waals surface area contributed by atoms with E-state index in [1.165, 1.54) is 24.3 Å². The summed E-state index contributed by atoms with van der Waals surface area (Å²) in [7, 11) is -3.51. The molecule has 0 amide bonds. The van der Waals surface area contributed by atoms with Crippen LogP contribution >= 0.6 is 11.6 Å². The highest BCUT2D eigenvalue weighted by Crippen LogP contribution is 2.17. The number of sulfone groups is 1. The molecular weight excluding hydrogens is 278 g/mol. The Kier molecular flexibility index (Phi) is 3.65. The molecule has 0 atom stereocenters. The molecule has 1 heterocycles. The second kappa shape index (κ2) is 5.05. The number of rotatable bonds is 4. The number of benzene rings is 1. The molecule has 18 heavy (non-hydrogen) atoms. The smallest absolute Gasteiger partial charge is 0.240 e. The molecule has 0 aliphatic carbocycles. The second-order valence-electron chi connectivity index (χ2n) is 3.52. The molecule has 0 saturated carbocycles. The third kappa shape index (κ3) is 2.87. The highest BCUT2D eigenvalue weighted by molar-refractivity contribution is 7.90. The van der Waals surface area contributed by atoms with Gasteiger partial charge in [0.2, 0.25) is 5.89 Å². The van der Waals surface area contributed by atoms with Gasteiger partial charge in [0.1, 0.15) is 5.75 Å². The van der Waals surface area contributed by atoms with Crippen molar-refractivity contribution in [2.45, 2.75) is 17.2 Å². The van der Waals surface area contributed by atoms with Crippen LogP contribution in [0.2, 0.25) is 5.02 Å². The van der Waals surface area contributed by atoms with Crippen molar-refractivity contribution in [1.29, 1.82) is 0 Å². The van der Waals surface area contributed by atoms with Crippen LogP contribution in [0.25, 0.3) is 0 Å². The molecule has 96 valence electrons. The fraction of sp³-hybridized carbons (Fsp3) is 0.200. The van der Waals surface area contributed by atoms with E-state index in [0.717, 1.165) is 0 Å². The fourth-order valence-electron chi connectivity index (χ4n) is 1.33. The molecule has 6 nitrogen and oxygen atoms in total. The zero-order chi connectivity index (χ0) is 13.2. The number of nitrogens with zero attached hydrogens (tertiary/aromatic N) is 2. The topological polar surface area (TPSA) is 99.1 Å². The van der Waals surface area contributed by atoms with Gasteiger partial charge in [0.05, 0.1) is 11.4 Å². The van der Waals surface area contributed by atoms with Crippen LogP contribution in [0, 0.1) is 0 Å². The Morgan fingerprint density at radius 2 is 1.94 bits per heavy atom. The molecule has 0 radical (unpaired) electrons. The Morgan fingerprint density at radius 3 is 2.50 bits per heavy atom.